The molecule has 2 saturated carbocycles. The normalized spacial score (nSPS) is 23.9. The fourth-order valence-corrected chi connectivity index (χ4v) is 6.94. The number of nitrogens with zero attached hydrogens (tertiary/aromatic N) is 1. The van der Waals surface area contributed by atoms with Gasteiger partial charge in [0.25, 0.3) is 5.91 Å². The Morgan fingerprint density at radius 2 is 1.48 bits per heavy atom. The lowest BCUT2D eigenvalue weighted by Gasteiger charge is -2.38. The first-order valence-electron chi connectivity index (χ1n) is 16.9. The van der Waals surface area contributed by atoms with E-state index in [4.69, 9.17) is 10.5 Å². The Morgan fingerprint density at radius 1 is 0.917 bits per heavy atom. The van der Waals surface area contributed by atoms with Gasteiger partial charge in [0.05, 0.1) is 6.04 Å². The van der Waals surface area contributed by atoms with Crippen molar-refractivity contribution in [1.82, 2.24) is 20.9 Å². The van der Waals surface area contributed by atoms with Crippen molar-refractivity contribution in [1.29, 1.82) is 0 Å². The maximum Gasteiger partial charge on any atom is 0.329 e. The third-order valence-corrected chi connectivity index (χ3v) is 10.2. The summed E-state index contributed by atoms with van der Waals surface area (Å²) in [7, 11) is 0. The fourth-order valence-electron chi connectivity index (χ4n) is 6.94. The number of Topliss-reactive ketones (excluding diaryl/α,β-unsaturated/α-hetero) is 1. The Hall–Kier alpha value is -3.96. The number of ether oxygens (including phenoxy) is 1. The van der Waals surface area contributed by atoms with E-state index in [0.29, 0.717) is 13.0 Å². The number of carbonyl (C=O) groups is 6. The second-order valence-electron chi connectivity index (χ2n) is 16.6. The SMILES string of the molecule is C[C@@H](OC(=O)[C@@H](NC(=O)N[C@H](C(=O)N1C[C@H]2[C@@H]([C@H]1C(=O)NC(CC1CC1)C(=O)C(N)=O)C2(C)C)C(C)(C)C)C(C)(C)C)c1ccccc1. The first-order chi connectivity index (χ1) is 22.1. The molecule has 3 aliphatic rings. The third-order valence-electron chi connectivity index (χ3n) is 10.2. The van der Waals surface area contributed by atoms with Gasteiger partial charge >= 0.3 is 12.0 Å². The predicted octanol–water partition coefficient (Wildman–Crippen LogP) is 3.24. The van der Waals surface area contributed by atoms with E-state index in [1.165, 1.54) is 4.90 Å². The summed E-state index contributed by atoms with van der Waals surface area (Å²) in [5.74, 6) is -3.42. The monoisotopic (exact) mass is 667 g/mol. The molecule has 0 radical (unpaired) electrons. The summed E-state index contributed by atoms with van der Waals surface area (Å²) in [6.07, 6.45) is 1.59. The van der Waals surface area contributed by atoms with Crippen molar-refractivity contribution < 1.29 is 33.5 Å². The molecule has 3 fully saturated rings. The van der Waals surface area contributed by atoms with Crippen molar-refractivity contribution in [2.45, 2.75) is 112 Å². The van der Waals surface area contributed by atoms with Crippen molar-refractivity contribution in [3.63, 3.8) is 0 Å². The molecule has 0 aromatic heterocycles. The summed E-state index contributed by atoms with van der Waals surface area (Å²) >= 11 is 0. The maximum atomic E-state index is 14.3. The zero-order valence-electron chi connectivity index (χ0n) is 29.7. The molecule has 1 unspecified atom stereocenters. The minimum absolute atomic E-state index is 0.0482. The van der Waals surface area contributed by atoms with Crippen LogP contribution in [0.1, 0.15) is 93.2 Å². The number of carbonyl (C=O) groups excluding carboxylic acids is 6. The Balaban J connectivity index is 1.51. The zero-order valence-corrected chi connectivity index (χ0v) is 29.7. The van der Waals surface area contributed by atoms with Crippen molar-refractivity contribution in [2.24, 2.45) is 39.7 Å². The van der Waals surface area contributed by atoms with E-state index >= 15 is 0 Å². The summed E-state index contributed by atoms with van der Waals surface area (Å²) in [5, 5.41) is 8.30. The van der Waals surface area contributed by atoms with E-state index in [1.54, 1.807) is 48.5 Å². The van der Waals surface area contributed by atoms with E-state index in [1.807, 2.05) is 44.2 Å². The minimum atomic E-state index is -1.11. The lowest BCUT2D eigenvalue weighted by Crippen LogP contribution is -2.62. The molecular formula is C36H53N5O7. The van der Waals surface area contributed by atoms with Crippen LogP contribution in [0.2, 0.25) is 0 Å². The van der Waals surface area contributed by atoms with Crippen LogP contribution < -0.4 is 21.7 Å². The highest BCUT2D eigenvalue weighted by Crippen LogP contribution is 2.65. The highest BCUT2D eigenvalue weighted by atomic mass is 16.5. The minimum Gasteiger partial charge on any atom is -0.456 e. The summed E-state index contributed by atoms with van der Waals surface area (Å²) < 4.78 is 5.74. The molecule has 5 N–H and O–H groups in total. The van der Waals surface area contributed by atoms with E-state index in [9.17, 15) is 28.8 Å². The number of amides is 5. The van der Waals surface area contributed by atoms with Crippen molar-refractivity contribution in [2.75, 3.05) is 6.54 Å². The van der Waals surface area contributed by atoms with Gasteiger partial charge in [-0.3, -0.25) is 19.2 Å². The van der Waals surface area contributed by atoms with Gasteiger partial charge in [-0.2, -0.15) is 0 Å². The molecule has 7 atom stereocenters. The molecule has 0 spiro atoms. The van der Waals surface area contributed by atoms with Gasteiger partial charge in [0, 0.05) is 6.54 Å². The van der Waals surface area contributed by atoms with Gasteiger partial charge in [0.1, 0.15) is 24.2 Å². The molecule has 2 aliphatic carbocycles. The lowest BCUT2D eigenvalue weighted by atomic mass is 9.85. The van der Waals surface area contributed by atoms with Crippen molar-refractivity contribution in [3.8, 4) is 0 Å². The summed E-state index contributed by atoms with van der Waals surface area (Å²) in [4.78, 5) is 81.0. The van der Waals surface area contributed by atoms with Crippen LogP contribution in [0.25, 0.3) is 0 Å². The molecule has 1 aliphatic heterocycles. The van der Waals surface area contributed by atoms with Crippen LogP contribution in [0.5, 0.6) is 0 Å². The number of piperidine rings is 1. The highest BCUT2D eigenvalue weighted by Gasteiger charge is 2.70. The topological polar surface area (TPSA) is 177 Å². The number of ketones is 1. The number of likely N-dealkylation sites (tertiary alicyclic amines) is 1. The standard InChI is InChI=1S/C36H53N5O7/c1-19(21-13-11-10-12-14-21)48-32(46)28(35(5,6)7)40-33(47)39-27(34(2,3)4)31(45)41-18-22-24(36(22,8)9)25(41)30(44)38-23(17-20-15-16-20)26(42)29(37)43/h10-14,19-20,22-25,27-28H,15-18H2,1-9H3,(H2,37,43)(H,38,44)(H2,39,40,47)/t19-,22+,23?,24+,25+,27-,28-/m1/s1. The molecule has 4 rings (SSSR count). The molecule has 1 saturated heterocycles. The van der Waals surface area contributed by atoms with Gasteiger partial charge in [-0.05, 0) is 52.9 Å². The Kier molecular flexibility index (Phi) is 10.4. The zero-order chi connectivity index (χ0) is 35.9. The van der Waals surface area contributed by atoms with Crippen molar-refractivity contribution in [3.05, 3.63) is 35.9 Å². The van der Waals surface area contributed by atoms with Crippen molar-refractivity contribution >= 4 is 35.5 Å². The summed E-state index contributed by atoms with van der Waals surface area (Å²) in [5.41, 5.74) is 4.39. The molecule has 1 heterocycles. The first kappa shape index (κ1) is 36.9. The summed E-state index contributed by atoms with van der Waals surface area (Å²) in [6, 6.07) is 4.49. The molecule has 1 aromatic carbocycles. The Morgan fingerprint density at radius 3 is 2.00 bits per heavy atom. The van der Waals surface area contributed by atoms with Crippen LogP contribution in [0.4, 0.5) is 4.79 Å². The number of nitrogens with one attached hydrogen (secondary N) is 3. The fraction of sp³-hybridized carbons (Fsp3) is 0.667. The molecule has 0 bridgehead atoms. The molecule has 5 amide bonds. The number of rotatable bonds is 12. The number of primary amides is 1. The van der Waals surface area contributed by atoms with E-state index < -0.39 is 76.6 Å². The summed E-state index contributed by atoms with van der Waals surface area (Å²) in [6.45, 7) is 17.0. The number of hydrogen-bond acceptors (Lipinski definition) is 7. The second kappa shape index (κ2) is 13.5. The quantitative estimate of drug-likeness (QED) is 0.195. The van der Waals surface area contributed by atoms with Gasteiger partial charge < -0.3 is 31.3 Å². The third kappa shape index (κ3) is 8.18. The molecule has 1 aromatic rings. The number of urea groups is 1. The molecule has 12 heteroatoms. The molecular weight excluding hydrogens is 614 g/mol. The van der Waals surface area contributed by atoms with Gasteiger partial charge in [-0.1, -0.05) is 98.6 Å². The van der Waals surface area contributed by atoms with Gasteiger partial charge in [-0.15, -0.1) is 0 Å². The van der Waals surface area contributed by atoms with E-state index in [-0.39, 0.29) is 23.2 Å². The second-order valence-corrected chi connectivity index (χ2v) is 16.6. The van der Waals surface area contributed by atoms with Crippen LogP contribution >= 0.6 is 0 Å². The molecule has 264 valence electrons. The van der Waals surface area contributed by atoms with E-state index in [2.05, 4.69) is 16.0 Å². The van der Waals surface area contributed by atoms with Gasteiger partial charge in [0.2, 0.25) is 17.6 Å². The average molecular weight is 668 g/mol. The molecule has 12 nitrogen and oxygen atoms in total. The average Bonchev–Trinajstić information content (AvgIpc) is 3.84. The van der Waals surface area contributed by atoms with Gasteiger partial charge in [-0.25, -0.2) is 9.59 Å². The van der Waals surface area contributed by atoms with E-state index in [0.717, 1.165) is 18.4 Å². The predicted molar refractivity (Wildman–Crippen MR) is 179 cm³/mol. The maximum absolute atomic E-state index is 14.3. The van der Waals surface area contributed by atoms with Crippen LogP contribution in [-0.4, -0.2) is 71.1 Å². The molecule has 48 heavy (non-hydrogen) atoms. The Labute approximate surface area is 283 Å². The highest BCUT2D eigenvalue weighted by molar-refractivity contribution is 6.37. The van der Waals surface area contributed by atoms with Crippen LogP contribution in [0, 0.1) is 34.0 Å². The number of nitrogens with two attached hydrogens (primary N) is 1. The Bertz CT molecular complexity index is 1430. The smallest absolute Gasteiger partial charge is 0.329 e. The number of fused-ring (bicyclic) bond motifs is 1. The van der Waals surface area contributed by atoms with Crippen LogP contribution in [0.3, 0.4) is 0 Å². The van der Waals surface area contributed by atoms with Crippen LogP contribution in [-0.2, 0) is 28.7 Å². The number of benzene rings is 1. The number of esters is 1. The van der Waals surface area contributed by atoms with Crippen LogP contribution in [0.15, 0.2) is 30.3 Å². The first-order valence-corrected chi connectivity index (χ1v) is 16.9. The number of hydrogen-bond donors (Lipinski definition) is 4. The lowest BCUT2D eigenvalue weighted by molar-refractivity contribution is -0.153. The largest absolute Gasteiger partial charge is 0.456 e. The van der Waals surface area contributed by atoms with Gasteiger partial charge in [0.15, 0.2) is 0 Å².